The van der Waals surface area contributed by atoms with Gasteiger partial charge in [-0.2, -0.15) is 0 Å². The summed E-state index contributed by atoms with van der Waals surface area (Å²) in [7, 11) is 1.63. The molecule has 0 aromatic heterocycles. The van der Waals surface area contributed by atoms with Crippen molar-refractivity contribution in [3.63, 3.8) is 0 Å². The van der Waals surface area contributed by atoms with Crippen molar-refractivity contribution >= 4 is 11.8 Å². The summed E-state index contributed by atoms with van der Waals surface area (Å²) in [6, 6.07) is -0.0211. The van der Waals surface area contributed by atoms with E-state index in [-0.39, 0.29) is 36.5 Å². The molecule has 0 bridgehead atoms. The van der Waals surface area contributed by atoms with Crippen molar-refractivity contribution in [1.82, 2.24) is 10.6 Å². The van der Waals surface area contributed by atoms with Gasteiger partial charge in [-0.15, -0.1) is 0 Å². The summed E-state index contributed by atoms with van der Waals surface area (Å²) in [6.45, 7) is 5.63. The molecule has 1 unspecified atom stereocenters. The molecule has 0 spiro atoms. The molecule has 0 aromatic rings. The first-order valence-electron chi connectivity index (χ1n) is 5.62. The molecule has 1 atom stereocenters. The maximum atomic E-state index is 11.4. The molecule has 2 amide bonds. The van der Waals surface area contributed by atoms with Crippen LogP contribution in [0.5, 0.6) is 0 Å². The number of methoxy groups -OCH3 is 1. The number of ether oxygens (including phenoxy) is 1. The van der Waals surface area contributed by atoms with E-state index in [0.29, 0.717) is 6.42 Å². The maximum Gasteiger partial charge on any atom is 0.239 e. The van der Waals surface area contributed by atoms with Gasteiger partial charge in [-0.1, -0.05) is 0 Å². The highest BCUT2D eigenvalue weighted by atomic mass is 16.5. The first-order chi connectivity index (χ1) is 7.80. The molecule has 4 N–H and O–H groups in total. The third kappa shape index (κ3) is 7.70. The second kappa shape index (κ2) is 7.24. The van der Waals surface area contributed by atoms with Gasteiger partial charge in [0.2, 0.25) is 11.8 Å². The molecule has 0 aliphatic carbocycles. The van der Waals surface area contributed by atoms with E-state index in [1.165, 1.54) is 0 Å². The van der Waals surface area contributed by atoms with E-state index in [1.54, 1.807) is 7.11 Å². The van der Waals surface area contributed by atoms with Crippen LogP contribution in [0, 0.1) is 0 Å². The molecular weight excluding hydrogens is 222 g/mol. The number of hydrogen-bond donors (Lipinski definition) is 3. The number of hydrogen-bond acceptors (Lipinski definition) is 4. The lowest BCUT2D eigenvalue weighted by Crippen LogP contribution is -2.44. The molecule has 0 fully saturated rings. The van der Waals surface area contributed by atoms with Crippen LogP contribution in [-0.4, -0.2) is 43.7 Å². The van der Waals surface area contributed by atoms with Crippen molar-refractivity contribution in [3.05, 3.63) is 0 Å². The summed E-state index contributed by atoms with van der Waals surface area (Å²) >= 11 is 0. The zero-order chi connectivity index (χ0) is 13.5. The van der Waals surface area contributed by atoms with E-state index in [0.717, 1.165) is 0 Å². The lowest BCUT2D eigenvalue weighted by atomic mass is 10.00. The molecule has 0 aliphatic rings. The summed E-state index contributed by atoms with van der Waals surface area (Å²) < 4.78 is 5.27. The van der Waals surface area contributed by atoms with Gasteiger partial charge in [-0.3, -0.25) is 9.59 Å². The standard InChI is InChI=1S/C11H23N3O3/c1-8(5-11(2,3)17-4)14-10(16)7-13-9(15)6-12/h8H,5-7,12H2,1-4H3,(H,13,15)(H,14,16). The van der Waals surface area contributed by atoms with E-state index in [4.69, 9.17) is 10.5 Å². The van der Waals surface area contributed by atoms with Crippen molar-refractivity contribution in [2.45, 2.75) is 38.8 Å². The van der Waals surface area contributed by atoms with Gasteiger partial charge in [0, 0.05) is 13.2 Å². The van der Waals surface area contributed by atoms with Gasteiger partial charge in [0.15, 0.2) is 0 Å². The van der Waals surface area contributed by atoms with E-state index < -0.39 is 0 Å². The Kier molecular flexibility index (Phi) is 6.75. The third-order valence-corrected chi connectivity index (χ3v) is 2.39. The van der Waals surface area contributed by atoms with Gasteiger partial charge in [-0.25, -0.2) is 0 Å². The highest BCUT2D eigenvalue weighted by molar-refractivity contribution is 5.85. The topological polar surface area (TPSA) is 93.5 Å². The Morgan fingerprint density at radius 2 is 1.94 bits per heavy atom. The van der Waals surface area contributed by atoms with Crippen molar-refractivity contribution in [2.75, 3.05) is 20.2 Å². The minimum Gasteiger partial charge on any atom is -0.379 e. The molecule has 0 radical (unpaired) electrons. The second-order valence-electron chi connectivity index (χ2n) is 4.62. The Labute approximate surface area is 102 Å². The summed E-state index contributed by atoms with van der Waals surface area (Å²) in [5.41, 5.74) is 4.82. The summed E-state index contributed by atoms with van der Waals surface area (Å²) in [6.07, 6.45) is 0.695. The summed E-state index contributed by atoms with van der Waals surface area (Å²) in [5.74, 6) is -0.573. The maximum absolute atomic E-state index is 11.4. The molecule has 0 saturated carbocycles. The van der Waals surface area contributed by atoms with Gasteiger partial charge < -0.3 is 21.1 Å². The fourth-order valence-electron chi connectivity index (χ4n) is 1.45. The Bertz CT molecular complexity index is 267. The van der Waals surface area contributed by atoms with Crippen LogP contribution in [0.15, 0.2) is 0 Å². The van der Waals surface area contributed by atoms with Crippen LogP contribution in [0.4, 0.5) is 0 Å². The average Bonchev–Trinajstić information content (AvgIpc) is 2.24. The Hall–Kier alpha value is -1.14. The molecule has 0 aromatic carbocycles. The lowest BCUT2D eigenvalue weighted by molar-refractivity contribution is -0.126. The molecule has 17 heavy (non-hydrogen) atoms. The van der Waals surface area contributed by atoms with Crippen LogP contribution in [0.25, 0.3) is 0 Å². The number of amides is 2. The lowest BCUT2D eigenvalue weighted by Gasteiger charge is -2.27. The van der Waals surface area contributed by atoms with Crippen LogP contribution in [-0.2, 0) is 14.3 Å². The Balaban J connectivity index is 3.92. The van der Waals surface area contributed by atoms with Gasteiger partial charge >= 0.3 is 0 Å². The Morgan fingerprint density at radius 3 is 2.41 bits per heavy atom. The van der Waals surface area contributed by atoms with Crippen LogP contribution in [0.2, 0.25) is 0 Å². The number of nitrogens with one attached hydrogen (secondary N) is 2. The number of nitrogens with two attached hydrogens (primary N) is 1. The van der Waals surface area contributed by atoms with Gasteiger partial charge in [0.05, 0.1) is 18.7 Å². The van der Waals surface area contributed by atoms with Crippen molar-refractivity contribution in [2.24, 2.45) is 5.73 Å². The quantitative estimate of drug-likeness (QED) is 0.557. The van der Waals surface area contributed by atoms with Crippen molar-refractivity contribution in [1.29, 1.82) is 0 Å². The Morgan fingerprint density at radius 1 is 1.35 bits per heavy atom. The molecule has 6 heteroatoms. The van der Waals surface area contributed by atoms with Crippen LogP contribution in [0.3, 0.4) is 0 Å². The van der Waals surface area contributed by atoms with Crippen molar-refractivity contribution < 1.29 is 14.3 Å². The smallest absolute Gasteiger partial charge is 0.239 e. The molecule has 0 rings (SSSR count). The predicted octanol–water partition coefficient (Wildman–Crippen LogP) is -0.619. The van der Waals surface area contributed by atoms with Crippen LogP contribution >= 0.6 is 0 Å². The molecule has 0 heterocycles. The average molecular weight is 245 g/mol. The van der Waals surface area contributed by atoms with Crippen LogP contribution in [0.1, 0.15) is 27.2 Å². The molecule has 0 aliphatic heterocycles. The van der Waals surface area contributed by atoms with Crippen molar-refractivity contribution in [3.8, 4) is 0 Å². The first-order valence-corrected chi connectivity index (χ1v) is 5.62. The van der Waals surface area contributed by atoms with E-state index in [1.807, 2.05) is 20.8 Å². The normalized spacial score (nSPS) is 13.0. The molecular formula is C11H23N3O3. The number of carbonyl (C=O) groups excluding carboxylic acids is 2. The fraction of sp³-hybridized carbons (Fsp3) is 0.818. The molecule has 100 valence electrons. The molecule has 0 saturated heterocycles. The predicted molar refractivity (Wildman–Crippen MR) is 65.4 cm³/mol. The highest BCUT2D eigenvalue weighted by Crippen LogP contribution is 2.14. The van der Waals surface area contributed by atoms with Gasteiger partial charge in [-0.05, 0) is 27.2 Å². The SMILES string of the molecule is COC(C)(C)CC(C)NC(=O)CNC(=O)CN. The molecule has 6 nitrogen and oxygen atoms in total. The monoisotopic (exact) mass is 245 g/mol. The largest absolute Gasteiger partial charge is 0.379 e. The second-order valence-corrected chi connectivity index (χ2v) is 4.62. The first kappa shape index (κ1) is 15.9. The highest BCUT2D eigenvalue weighted by Gasteiger charge is 2.21. The van der Waals surface area contributed by atoms with E-state index in [9.17, 15) is 9.59 Å². The summed E-state index contributed by atoms with van der Waals surface area (Å²) in [5, 5.41) is 5.18. The zero-order valence-corrected chi connectivity index (χ0v) is 11.0. The fourth-order valence-corrected chi connectivity index (χ4v) is 1.45. The number of rotatable bonds is 7. The third-order valence-electron chi connectivity index (χ3n) is 2.39. The summed E-state index contributed by atoms with van der Waals surface area (Å²) in [4.78, 5) is 22.3. The van der Waals surface area contributed by atoms with E-state index >= 15 is 0 Å². The zero-order valence-electron chi connectivity index (χ0n) is 11.0. The minimum atomic E-state index is -0.343. The number of carbonyl (C=O) groups is 2. The van der Waals surface area contributed by atoms with Crippen LogP contribution < -0.4 is 16.4 Å². The van der Waals surface area contributed by atoms with Gasteiger partial charge in [0.25, 0.3) is 0 Å². The minimum absolute atomic E-state index is 0.0211. The van der Waals surface area contributed by atoms with E-state index in [2.05, 4.69) is 10.6 Å². The van der Waals surface area contributed by atoms with Gasteiger partial charge in [0.1, 0.15) is 0 Å².